The fourth-order valence-corrected chi connectivity index (χ4v) is 2.05. The molecule has 2 nitrogen and oxygen atoms in total. The summed E-state index contributed by atoms with van der Waals surface area (Å²) >= 11 is 0. The van der Waals surface area contributed by atoms with E-state index < -0.39 is 11.6 Å². The van der Waals surface area contributed by atoms with Gasteiger partial charge < -0.3 is 10.2 Å². The summed E-state index contributed by atoms with van der Waals surface area (Å²) in [5, 5.41) is 3.44. The average Bonchev–Trinajstić information content (AvgIpc) is 2.31. The zero-order valence-corrected chi connectivity index (χ0v) is 12.0. The number of rotatable bonds is 8. The first-order chi connectivity index (χ1) is 9.01. The Hall–Kier alpha value is -1.00. The van der Waals surface area contributed by atoms with Crippen LogP contribution in [0.1, 0.15) is 25.3 Å². The van der Waals surface area contributed by atoms with Gasteiger partial charge in [-0.2, -0.15) is 0 Å². The van der Waals surface area contributed by atoms with E-state index in [2.05, 4.69) is 17.1 Å². The number of hydrogen-bond donors (Lipinski definition) is 1. The topological polar surface area (TPSA) is 15.3 Å². The highest BCUT2D eigenvalue weighted by Crippen LogP contribution is 2.11. The molecule has 0 aromatic heterocycles. The second-order valence-electron chi connectivity index (χ2n) is 5.22. The molecule has 0 heterocycles. The van der Waals surface area contributed by atoms with Crippen LogP contribution in [0.25, 0.3) is 0 Å². The Bertz CT molecular complexity index is 360. The minimum Gasteiger partial charge on any atom is -0.314 e. The van der Waals surface area contributed by atoms with Crippen molar-refractivity contribution in [2.75, 3.05) is 27.2 Å². The SMILES string of the molecule is CCCNC(CCN(C)C)Cc1cc(F)cc(F)c1. The summed E-state index contributed by atoms with van der Waals surface area (Å²) in [6.45, 7) is 3.99. The minimum atomic E-state index is -0.503. The first kappa shape index (κ1) is 16.1. The van der Waals surface area contributed by atoms with Crippen LogP contribution in [0.15, 0.2) is 18.2 Å². The normalized spacial score (nSPS) is 12.9. The van der Waals surface area contributed by atoms with E-state index in [9.17, 15) is 8.78 Å². The van der Waals surface area contributed by atoms with Gasteiger partial charge in [0.2, 0.25) is 0 Å². The average molecular weight is 270 g/mol. The molecular formula is C15H24F2N2. The lowest BCUT2D eigenvalue weighted by Gasteiger charge is -2.21. The Balaban J connectivity index is 2.63. The van der Waals surface area contributed by atoms with Crippen LogP contribution in [0, 0.1) is 11.6 Å². The highest BCUT2D eigenvalue weighted by Gasteiger charge is 2.11. The maximum Gasteiger partial charge on any atom is 0.126 e. The summed E-state index contributed by atoms with van der Waals surface area (Å²) in [7, 11) is 4.05. The Kier molecular flexibility index (Phi) is 6.95. The van der Waals surface area contributed by atoms with Gasteiger partial charge in [-0.3, -0.25) is 0 Å². The number of nitrogens with zero attached hydrogens (tertiary/aromatic N) is 1. The number of hydrogen-bond acceptors (Lipinski definition) is 2. The van der Waals surface area contributed by atoms with Crippen molar-refractivity contribution in [3.8, 4) is 0 Å². The maximum atomic E-state index is 13.2. The second-order valence-corrected chi connectivity index (χ2v) is 5.22. The third kappa shape index (κ3) is 6.64. The molecule has 0 amide bonds. The molecule has 0 fully saturated rings. The molecule has 0 aliphatic heterocycles. The van der Waals surface area contributed by atoms with E-state index in [1.54, 1.807) is 0 Å². The molecular weight excluding hydrogens is 246 g/mol. The monoisotopic (exact) mass is 270 g/mol. The van der Waals surface area contributed by atoms with E-state index in [-0.39, 0.29) is 6.04 Å². The molecule has 0 saturated heterocycles. The predicted molar refractivity (Wildman–Crippen MR) is 75.3 cm³/mol. The van der Waals surface area contributed by atoms with Crippen LogP contribution in [0.2, 0.25) is 0 Å². The van der Waals surface area contributed by atoms with Gasteiger partial charge >= 0.3 is 0 Å². The summed E-state index contributed by atoms with van der Waals surface area (Å²) in [6, 6.07) is 4.00. The van der Waals surface area contributed by atoms with Crippen molar-refractivity contribution in [1.29, 1.82) is 0 Å². The predicted octanol–water partition coefficient (Wildman–Crippen LogP) is 2.83. The first-order valence-corrected chi connectivity index (χ1v) is 6.84. The van der Waals surface area contributed by atoms with Gasteiger partial charge in [-0.25, -0.2) is 8.78 Å². The van der Waals surface area contributed by atoms with Crippen molar-refractivity contribution in [2.24, 2.45) is 0 Å². The van der Waals surface area contributed by atoms with Crippen molar-refractivity contribution in [2.45, 2.75) is 32.2 Å². The summed E-state index contributed by atoms with van der Waals surface area (Å²) in [5.74, 6) is -1.01. The minimum absolute atomic E-state index is 0.253. The van der Waals surface area contributed by atoms with Gasteiger partial charge in [0.15, 0.2) is 0 Å². The van der Waals surface area contributed by atoms with Crippen LogP contribution in [0.4, 0.5) is 8.78 Å². The van der Waals surface area contributed by atoms with Crippen molar-refractivity contribution >= 4 is 0 Å². The zero-order chi connectivity index (χ0) is 14.3. The molecule has 4 heteroatoms. The Morgan fingerprint density at radius 3 is 2.32 bits per heavy atom. The van der Waals surface area contributed by atoms with E-state index in [0.29, 0.717) is 12.0 Å². The van der Waals surface area contributed by atoms with E-state index in [0.717, 1.165) is 32.0 Å². The zero-order valence-electron chi connectivity index (χ0n) is 12.0. The van der Waals surface area contributed by atoms with Crippen LogP contribution >= 0.6 is 0 Å². The lowest BCUT2D eigenvalue weighted by Crippen LogP contribution is -2.34. The van der Waals surface area contributed by atoms with Crippen LogP contribution in [-0.2, 0) is 6.42 Å². The van der Waals surface area contributed by atoms with E-state index in [1.165, 1.54) is 12.1 Å². The molecule has 0 aliphatic carbocycles. The molecule has 1 rings (SSSR count). The van der Waals surface area contributed by atoms with E-state index in [1.807, 2.05) is 14.1 Å². The van der Waals surface area contributed by atoms with Crippen LogP contribution in [0.5, 0.6) is 0 Å². The molecule has 0 aliphatic rings. The van der Waals surface area contributed by atoms with Crippen LogP contribution < -0.4 is 5.32 Å². The lowest BCUT2D eigenvalue weighted by atomic mass is 10.0. The van der Waals surface area contributed by atoms with Gasteiger partial charge in [0, 0.05) is 12.1 Å². The summed E-state index contributed by atoms with van der Waals surface area (Å²) in [6.07, 6.45) is 2.67. The molecule has 108 valence electrons. The van der Waals surface area contributed by atoms with Crippen LogP contribution in [0.3, 0.4) is 0 Å². The molecule has 0 radical (unpaired) electrons. The molecule has 1 atom stereocenters. The van der Waals surface area contributed by atoms with Crippen molar-refractivity contribution in [1.82, 2.24) is 10.2 Å². The van der Waals surface area contributed by atoms with Crippen LogP contribution in [-0.4, -0.2) is 38.1 Å². The fourth-order valence-electron chi connectivity index (χ4n) is 2.05. The summed E-state index contributed by atoms with van der Waals surface area (Å²) in [5.41, 5.74) is 0.713. The second kappa shape index (κ2) is 8.23. The fraction of sp³-hybridized carbons (Fsp3) is 0.600. The Morgan fingerprint density at radius 1 is 1.16 bits per heavy atom. The van der Waals surface area contributed by atoms with Gasteiger partial charge in [-0.15, -0.1) is 0 Å². The Morgan fingerprint density at radius 2 is 1.79 bits per heavy atom. The third-order valence-electron chi connectivity index (χ3n) is 3.01. The highest BCUT2D eigenvalue weighted by molar-refractivity contribution is 5.19. The van der Waals surface area contributed by atoms with Gasteiger partial charge in [0.1, 0.15) is 11.6 Å². The summed E-state index contributed by atoms with van der Waals surface area (Å²) in [4.78, 5) is 2.12. The Labute approximate surface area is 114 Å². The smallest absolute Gasteiger partial charge is 0.126 e. The largest absolute Gasteiger partial charge is 0.314 e. The summed E-state index contributed by atoms with van der Waals surface area (Å²) < 4.78 is 26.4. The molecule has 1 aromatic rings. The van der Waals surface area contributed by atoms with Crippen molar-refractivity contribution < 1.29 is 8.78 Å². The first-order valence-electron chi connectivity index (χ1n) is 6.84. The molecule has 1 aromatic carbocycles. The van der Waals surface area contributed by atoms with Gasteiger partial charge in [-0.05, 0) is 64.1 Å². The molecule has 0 saturated carbocycles. The van der Waals surface area contributed by atoms with Gasteiger partial charge in [0.25, 0.3) is 0 Å². The molecule has 0 bridgehead atoms. The standard InChI is InChI=1S/C15H24F2N2/c1-4-6-18-15(5-7-19(2)3)10-12-8-13(16)11-14(17)9-12/h8-9,11,15,18H,4-7,10H2,1-3H3. The molecule has 0 spiro atoms. The van der Waals surface area contributed by atoms with E-state index in [4.69, 9.17) is 0 Å². The number of halogens is 2. The molecule has 1 unspecified atom stereocenters. The molecule has 19 heavy (non-hydrogen) atoms. The maximum absolute atomic E-state index is 13.2. The van der Waals surface area contributed by atoms with Crippen molar-refractivity contribution in [3.05, 3.63) is 35.4 Å². The highest BCUT2D eigenvalue weighted by atomic mass is 19.1. The van der Waals surface area contributed by atoms with E-state index >= 15 is 0 Å². The third-order valence-corrected chi connectivity index (χ3v) is 3.01. The van der Waals surface area contributed by atoms with Gasteiger partial charge in [-0.1, -0.05) is 6.92 Å². The quantitative estimate of drug-likeness (QED) is 0.781. The molecule has 1 N–H and O–H groups in total. The van der Waals surface area contributed by atoms with Gasteiger partial charge in [0.05, 0.1) is 0 Å². The number of nitrogens with one attached hydrogen (secondary N) is 1. The number of benzene rings is 1. The van der Waals surface area contributed by atoms with Crippen molar-refractivity contribution in [3.63, 3.8) is 0 Å². The lowest BCUT2D eigenvalue weighted by molar-refractivity contribution is 0.356.